The number of nitrogens with zero attached hydrogens (tertiary/aromatic N) is 2. The minimum Gasteiger partial charge on any atom is -0.462 e. The van der Waals surface area contributed by atoms with Crippen molar-refractivity contribution in [1.29, 1.82) is 5.26 Å². The quantitative estimate of drug-likeness (QED) is 0.199. The number of nitrogens with one attached hydrogen (secondary N) is 2. The van der Waals surface area contributed by atoms with E-state index < -0.39 is 5.97 Å². The van der Waals surface area contributed by atoms with Crippen LogP contribution in [0.5, 0.6) is 0 Å². The summed E-state index contributed by atoms with van der Waals surface area (Å²) >= 11 is 4.06. The van der Waals surface area contributed by atoms with Gasteiger partial charge in [-0.05, 0) is 43.0 Å². The van der Waals surface area contributed by atoms with Crippen LogP contribution >= 0.6 is 34.0 Å². The number of amides is 1. The van der Waals surface area contributed by atoms with Crippen molar-refractivity contribution < 1.29 is 14.3 Å². The van der Waals surface area contributed by atoms with Gasteiger partial charge >= 0.3 is 5.97 Å². The molecule has 0 fully saturated rings. The summed E-state index contributed by atoms with van der Waals surface area (Å²) in [6.45, 7) is 3.62. The maximum absolute atomic E-state index is 13.0. The highest BCUT2D eigenvalue weighted by Crippen LogP contribution is 2.35. The normalized spacial score (nSPS) is 11.1. The molecule has 0 bridgehead atoms. The molecule has 2 N–H and O–H groups in total. The third kappa shape index (κ3) is 5.49. The van der Waals surface area contributed by atoms with Crippen molar-refractivity contribution in [2.75, 3.05) is 17.2 Å². The number of esters is 1. The third-order valence-corrected chi connectivity index (χ3v) is 7.83. The Hall–Kier alpha value is -3.78. The average molecular weight is 521 g/mol. The fraction of sp³-hybridized carbons (Fsp3) is 0.120. The lowest BCUT2D eigenvalue weighted by atomic mass is 10.1. The van der Waals surface area contributed by atoms with Gasteiger partial charge in [0, 0.05) is 17.3 Å². The highest BCUT2D eigenvalue weighted by molar-refractivity contribution is 7.18. The Morgan fingerprint density at radius 2 is 1.97 bits per heavy atom. The van der Waals surface area contributed by atoms with E-state index in [4.69, 9.17) is 4.74 Å². The molecule has 1 amide bonds. The molecule has 0 aliphatic heterocycles. The van der Waals surface area contributed by atoms with Crippen LogP contribution in [0.1, 0.15) is 37.5 Å². The zero-order chi connectivity index (χ0) is 24.8. The molecular weight excluding hydrogens is 501 g/mol. The van der Waals surface area contributed by atoms with Crippen LogP contribution in [0.2, 0.25) is 0 Å². The summed E-state index contributed by atoms with van der Waals surface area (Å²) in [7, 11) is 0. The fourth-order valence-corrected chi connectivity index (χ4v) is 5.81. The summed E-state index contributed by atoms with van der Waals surface area (Å²) in [4.78, 5) is 31.6. The second kappa shape index (κ2) is 11.1. The average Bonchev–Trinajstić information content (AvgIpc) is 3.61. The van der Waals surface area contributed by atoms with E-state index in [9.17, 15) is 14.9 Å². The number of anilines is 2. The highest BCUT2D eigenvalue weighted by Gasteiger charge is 2.25. The standard InChI is InChI=1S/C25H20N4O3S3/c1-3-32-25(31)20-15(2)21(22(30)28-17-8-5-4-6-9-17)35-24(20)27-13-16(12-26)23-29-18(14-34-23)19-10-7-11-33-19/h4-11,13-14,27H,3H2,1-2H3,(H,28,30)/b16-13+. The van der Waals surface area contributed by atoms with Gasteiger partial charge in [-0.3, -0.25) is 4.79 Å². The van der Waals surface area contributed by atoms with E-state index in [1.807, 2.05) is 41.1 Å². The van der Waals surface area contributed by atoms with Gasteiger partial charge in [0.2, 0.25) is 0 Å². The van der Waals surface area contributed by atoms with Crippen molar-refractivity contribution in [1.82, 2.24) is 4.98 Å². The molecule has 35 heavy (non-hydrogen) atoms. The molecule has 1 aromatic carbocycles. The Labute approximate surface area is 214 Å². The molecule has 0 radical (unpaired) electrons. The molecule has 0 spiro atoms. The van der Waals surface area contributed by atoms with Crippen LogP contribution in [-0.4, -0.2) is 23.5 Å². The number of thiazole rings is 1. The van der Waals surface area contributed by atoms with Gasteiger partial charge < -0.3 is 15.4 Å². The van der Waals surface area contributed by atoms with Crippen LogP contribution in [0.15, 0.2) is 59.4 Å². The summed E-state index contributed by atoms with van der Waals surface area (Å²) in [5.41, 5.74) is 2.54. The summed E-state index contributed by atoms with van der Waals surface area (Å²) in [5, 5.41) is 20.5. The summed E-state index contributed by atoms with van der Waals surface area (Å²) < 4.78 is 5.22. The van der Waals surface area contributed by atoms with E-state index in [2.05, 4.69) is 21.7 Å². The van der Waals surface area contributed by atoms with Crippen molar-refractivity contribution in [3.8, 4) is 16.6 Å². The van der Waals surface area contributed by atoms with Crippen molar-refractivity contribution in [3.05, 3.63) is 80.4 Å². The molecule has 0 saturated carbocycles. The lowest BCUT2D eigenvalue weighted by Gasteiger charge is -2.06. The molecule has 0 aliphatic rings. The minimum absolute atomic E-state index is 0.197. The van der Waals surface area contributed by atoms with Crippen LogP contribution in [0.4, 0.5) is 10.7 Å². The number of ether oxygens (including phenoxy) is 1. The van der Waals surface area contributed by atoms with Crippen molar-refractivity contribution >= 4 is 62.1 Å². The number of hydrogen-bond donors (Lipinski definition) is 2. The zero-order valence-corrected chi connectivity index (χ0v) is 21.3. The fourth-order valence-electron chi connectivity index (χ4n) is 3.20. The Kier molecular flexibility index (Phi) is 7.72. The first kappa shape index (κ1) is 24.3. The van der Waals surface area contributed by atoms with E-state index in [1.54, 1.807) is 37.3 Å². The predicted molar refractivity (Wildman–Crippen MR) is 142 cm³/mol. The lowest BCUT2D eigenvalue weighted by molar-refractivity contribution is 0.0527. The molecular formula is C25H20N4O3S3. The van der Waals surface area contributed by atoms with Gasteiger partial charge in [0.1, 0.15) is 21.7 Å². The SMILES string of the molecule is CCOC(=O)c1c(N/C=C(\C#N)c2nc(-c3cccs3)cs2)sc(C(=O)Nc2ccccc2)c1C. The van der Waals surface area contributed by atoms with Crippen molar-refractivity contribution in [2.45, 2.75) is 13.8 Å². The first-order valence-electron chi connectivity index (χ1n) is 10.5. The van der Waals surface area contributed by atoms with E-state index in [-0.39, 0.29) is 18.1 Å². The number of carbonyl (C=O) groups excluding carboxylic acids is 2. The molecule has 0 unspecified atom stereocenters. The van der Waals surface area contributed by atoms with Gasteiger partial charge in [-0.15, -0.1) is 34.0 Å². The number of para-hydroxylation sites is 1. The number of thiophene rings is 2. The zero-order valence-electron chi connectivity index (χ0n) is 18.8. The summed E-state index contributed by atoms with van der Waals surface area (Å²) in [6, 6.07) is 15.2. The van der Waals surface area contributed by atoms with Crippen molar-refractivity contribution in [2.24, 2.45) is 0 Å². The topological polar surface area (TPSA) is 104 Å². The largest absolute Gasteiger partial charge is 0.462 e. The van der Waals surface area contributed by atoms with Gasteiger partial charge in [-0.1, -0.05) is 24.3 Å². The van der Waals surface area contributed by atoms with Gasteiger partial charge in [0.05, 0.1) is 27.6 Å². The van der Waals surface area contributed by atoms with Crippen LogP contribution in [0.3, 0.4) is 0 Å². The second-order valence-corrected chi connectivity index (χ2v) is 9.96. The maximum Gasteiger partial charge on any atom is 0.341 e. The monoisotopic (exact) mass is 520 g/mol. The second-order valence-electron chi connectivity index (χ2n) is 7.13. The van der Waals surface area contributed by atoms with Gasteiger partial charge in [-0.25, -0.2) is 9.78 Å². The third-order valence-electron chi connectivity index (χ3n) is 4.84. The van der Waals surface area contributed by atoms with Crippen molar-refractivity contribution in [3.63, 3.8) is 0 Å². The van der Waals surface area contributed by atoms with Crippen LogP contribution in [0.25, 0.3) is 16.1 Å². The minimum atomic E-state index is -0.538. The van der Waals surface area contributed by atoms with E-state index in [0.29, 0.717) is 31.7 Å². The first-order valence-corrected chi connectivity index (χ1v) is 13.1. The van der Waals surface area contributed by atoms with E-state index in [1.165, 1.54) is 17.5 Å². The van der Waals surface area contributed by atoms with E-state index in [0.717, 1.165) is 21.9 Å². The number of hydrogen-bond acceptors (Lipinski definition) is 9. The smallest absolute Gasteiger partial charge is 0.341 e. The number of carbonyl (C=O) groups is 2. The number of nitriles is 1. The lowest BCUT2D eigenvalue weighted by Crippen LogP contribution is -2.12. The van der Waals surface area contributed by atoms with Gasteiger partial charge in [0.15, 0.2) is 0 Å². The number of aromatic nitrogens is 1. The summed E-state index contributed by atoms with van der Waals surface area (Å²) in [6.07, 6.45) is 1.50. The van der Waals surface area contributed by atoms with E-state index >= 15 is 0 Å². The molecule has 3 aromatic heterocycles. The highest BCUT2D eigenvalue weighted by atomic mass is 32.1. The first-order chi connectivity index (χ1) is 17.0. The number of allylic oxidation sites excluding steroid dienone is 1. The molecule has 4 rings (SSSR count). The molecule has 10 heteroatoms. The number of rotatable bonds is 8. The Bertz CT molecular complexity index is 1410. The molecule has 0 aliphatic carbocycles. The predicted octanol–water partition coefficient (Wildman–Crippen LogP) is 6.65. The van der Waals surface area contributed by atoms with Crippen LogP contribution < -0.4 is 10.6 Å². The maximum atomic E-state index is 13.0. The Balaban J connectivity index is 1.64. The Morgan fingerprint density at radius 3 is 2.66 bits per heavy atom. The molecule has 4 aromatic rings. The van der Waals surface area contributed by atoms with Gasteiger partial charge in [-0.2, -0.15) is 5.26 Å². The van der Waals surface area contributed by atoms with Crippen LogP contribution in [-0.2, 0) is 4.74 Å². The molecule has 176 valence electrons. The molecule has 3 heterocycles. The van der Waals surface area contributed by atoms with Crippen LogP contribution in [0, 0.1) is 18.3 Å². The molecule has 0 saturated heterocycles. The molecule has 7 nitrogen and oxygen atoms in total. The molecule has 0 atom stereocenters. The number of benzene rings is 1. The Morgan fingerprint density at radius 1 is 1.17 bits per heavy atom. The van der Waals surface area contributed by atoms with Gasteiger partial charge in [0.25, 0.3) is 5.91 Å². The summed E-state index contributed by atoms with van der Waals surface area (Å²) in [5.74, 6) is -0.869.